The van der Waals surface area contributed by atoms with Crippen LogP contribution >= 0.6 is 0 Å². The third-order valence-electron chi connectivity index (χ3n) is 3.29. The lowest BCUT2D eigenvalue weighted by Crippen LogP contribution is -2.31. The van der Waals surface area contributed by atoms with Crippen molar-refractivity contribution >= 4 is 11.9 Å². The highest BCUT2D eigenvalue weighted by molar-refractivity contribution is 5.76. The number of hydrogen-bond donors (Lipinski definition) is 0. The Morgan fingerprint density at radius 3 is 2.83 bits per heavy atom. The van der Waals surface area contributed by atoms with Crippen LogP contribution in [0.5, 0.6) is 0 Å². The van der Waals surface area contributed by atoms with Gasteiger partial charge in [0.2, 0.25) is 5.91 Å². The van der Waals surface area contributed by atoms with E-state index in [4.69, 9.17) is 4.74 Å². The van der Waals surface area contributed by atoms with E-state index < -0.39 is 0 Å². The first-order chi connectivity index (χ1) is 8.74. The third kappa shape index (κ3) is 6.03. The van der Waals surface area contributed by atoms with Crippen molar-refractivity contribution in [2.75, 3.05) is 19.7 Å². The largest absolute Gasteiger partial charge is 0.466 e. The topological polar surface area (TPSA) is 46.6 Å². The first-order valence-corrected chi connectivity index (χ1v) is 7.17. The molecule has 0 aliphatic carbocycles. The van der Waals surface area contributed by atoms with Gasteiger partial charge in [-0.3, -0.25) is 9.59 Å². The van der Waals surface area contributed by atoms with Gasteiger partial charge in [0.25, 0.3) is 0 Å². The van der Waals surface area contributed by atoms with E-state index in [2.05, 4.69) is 0 Å². The fraction of sp³-hybridized carbons (Fsp3) is 0.857. The summed E-state index contributed by atoms with van der Waals surface area (Å²) in [6.45, 7) is 4.04. The van der Waals surface area contributed by atoms with E-state index in [0.717, 1.165) is 45.2 Å². The molecule has 1 aliphatic heterocycles. The molecule has 1 saturated heterocycles. The monoisotopic (exact) mass is 255 g/mol. The van der Waals surface area contributed by atoms with Gasteiger partial charge in [-0.15, -0.1) is 0 Å². The summed E-state index contributed by atoms with van der Waals surface area (Å²) >= 11 is 0. The minimum Gasteiger partial charge on any atom is -0.466 e. The van der Waals surface area contributed by atoms with Crippen molar-refractivity contribution in [1.29, 1.82) is 0 Å². The summed E-state index contributed by atoms with van der Waals surface area (Å²) in [6, 6.07) is 0. The summed E-state index contributed by atoms with van der Waals surface area (Å²) in [4.78, 5) is 24.8. The maximum atomic E-state index is 11.7. The van der Waals surface area contributed by atoms with Gasteiger partial charge in [0.1, 0.15) is 0 Å². The Morgan fingerprint density at radius 2 is 2.06 bits per heavy atom. The maximum absolute atomic E-state index is 11.7. The summed E-state index contributed by atoms with van der Waals surface area (Å²) in [6.07, 6.45) is 7.40. The number of ether oxygens (including phenoxy) is 1. The van der Waals surface area contributed by atoms with E-state index in [1.54, 1.807) is 0 Å². The molecule has 0 spiro atoms. The quantitative estimate of drug-likeness (QED) is 0.519. The predicted octanol–water partition coefficient (Wildman–Crippen LogP) is 2.51. The number of unbranched alkanes of at least 4 members (excludes halogenated alkanes) is 2. The number of rotatable bonds is 7. The summed E-state index contributed by atoms with van der Waals surface area (Å²) in [7, 11) is 0. The van der Waals surface area contributed by atoms with E-state index in [1.807, 2.05) is 11.8 Å². The van der Waals surface area contributed by atoms with Crippen LogP contribution in [0.3, 0.4) is 0 Å². The molecule has 0 saturated carbocycles. The summed E-state index contributed by atoms with van der Waals surface area (Å²) < 4.78 is 4.87. The molecule has 0 aromatic heterocycles. The predicted molar refractivity (Wildman–Crippen MR) is 70.1 cm³/mol. The van der Waals surface area contributed by atoms with Gasteiger partial charge >= 0.3 is 5.97 Å². The second kappa shape index (κ2) is 8.95. The van der Waals surface area contributed by atoms with E-state index in [-0.39, 0.29) is 5.97 Å². The Hall–Kier alpha value is -1.06. The minimum atomic E-state index is -0.108. The molecule has 104 valence electrons. The highest BCUT2D eigenvalue weighted by atomic mass is 16.5. The molecule has 0 N–H and O–H groups in total. The van der Waals surface area contributed by atoms with Crippen molar-refractivity contribution in [1.82, 2.24) is 4.90 Å². The number of hydrogen-bond acceptors (Lipinski definition) is 3. The van der Waals surface area contributed by atoms with Gasteiger partial charge in [0.05, 0.1) is 6.61 Å². The smallest absolute Gasteiger partial charge is 0.305 e. The molecule has 4 nitrogen and oxygen atoms in total. The van der Waals surface area contributed by atoms with Crippen LogP contribution in [0.2, 0.25) is 0 Å². The van der Waals surface area contributed by atoms with Crippen molar-refractivity contribution in [3.63, 3.8) is 0 Å². The lowest BCUT2D eigenvalue weighted by Gasteiger charge is -2.20. The molecule has 1 aliphatic rings. The molecule has 1 fully saturated rings. The molecule has 0 aromatic carbocycles. The molecule has 1 rings (SSSR count). The number of esters is 1. The van der Waals surface area contributed by atoms with E-state index >= 15 is 0 Å². The van der Waals surface area contributed by atoms with Crippen LogP contribution in [0.1, 0.15) is 58.3 Å². The average Bonchev–Trinajstić information content (AvgIpc) is 2.54. The van der Waals surface area contributed by atoms with Gasteiger partial charge in [-0.1, -0.05) is 12.8 Å². The number of carbonyl (C=O) groups is 2. The van der Waals surface area contributed by atoms with Gasteiger partial charge in [0, 0.05) is 25.9 Å². The highest BCUT2D eigenvalue weighted by Gasteiger charge is 2.15. The maximum Gasteiger partial charge on any atom is 0.305 e. The Balaban J connectivity index is 2.06. The van der Waals surface area contributed by atoms with Crippen LogP contribution in [0, 0.1) is 0 Å². The molecule has 1 amide bonds. The van der Waals surface area contributed by atoms with Crippen LogP contribution in [0.4, 0.5) is 0 Å². The Bertz CT molecular complexity index is 266. The zero-order valence-electron chi connectivity index (χ0n) is 11.5. The van der Waals surface area contributed by atoms with Crippen molar-refractivity contribution in [2.45, 2.75) is 58.3 Å². The SMILES string of the molecule is CCOC(=O)CCCCCN1CCCCCC1=O. The summed E-state index contributed by atoms with van der Waals surface area (Å²) in [5.41, 5.74) is 0. The molecular weight excluding hydrogens is 230 g/mol. The summed E-state index contributed by atoms with van der Waals surface area (Å²) in [5, 5.41) is 0. The molecule has 4 heteroatoms. The van der Waals surface area contributed by atoms with Crippen molar-refractivity contribution < 1.29 is 14.3 Å². The number of carbonyl (C=O) groups excluding carboxylic acids is 2. The van der Waals surface area contributed by atoms with Gasteiger partial charge in [0.15, 0.2) is 0 Å². The summed E-state index contributed by atoms with van der Waals surface area (Å²) in [5.74, 6) is 0.196. The Labute approximate surface area is 110 Å². The third-order valence-corrected chi connectivity index (χ3v) is 3.29. The molecule has 0 bridgehead atoms. The lowest BCUT2D eigenvalue weighted by atomic mass is 10.2. The van der Waals surface area contributed by atoms with Crippen LogP contribution in [0.15, 0.2) is 0 Å². The number of likely N-dealkylation sites (tertiary alicyclic amines) is 1. The fourth-order valence-electron chi connectivity index (χ4n) is 2.26. The standard InChI is InChI=1S/C14H25NO3/c1-2-18-14(17)10-6-4-8-12-15-11-7-3-5-9-13(15)16/h2-12H2,1H3. The molecule has 0 aromatic rings. The van der Waals surface area contributed by atoms with Gasteiger partial charge in [-0.25, -0.2) is 0 Å². The Morgan fingerprint density at radius 1 is 1.22 bits per heavy atom. The van der Waals surface area contributed by atoms with E-state index in [1.165, 1.54) is 6.42 Å². The molecule has 18 heavy (non-hydrogen) atoms. The first-order valence-electron chi connectivity index (χ1n) is 7.17. The second-order valence-electron chi connectivity index (χ2n) is 4.81. The molecular formula is C14H25NO3. The lowest BCUT2D eigenvalue weighted by molar-refractivity contribution is -0.143. The Kier molecular flexibility index (Phi) is 7.46. The molecule has 1 heterocycles. The van der Waals surface area contributed by atoms with Gasteiger partial charge in [-0.05, 0) is 32.6 Å². The molecule has 0 radical (unpaired) electrons. The van der Waals surface area contributed by atoms with Crippen molar-refractivity contribution in [3.05, 3.63) is 0 Å². The van der Waals surface area contributed by atoms with Crippen LogP contribution in [-0.2, 0) is 14.3 Å². The second-order valence-corrected chi connectivity index (χ2v) is 4.81. The number of amides is 1. The van der Waals surface area contributed by atoms with E-state index in [9.17, 15) is 9.59 Å². The minimum absolute atomic E-state index is 0.108. The van der Waals surface area contributed by atoms with Crippen LogP contribution in [-0.4, -0.2) is 36.5 Å². The van der Waals surface area contributed by atoms with Gasteiger partial charge in [-0.2, -0.15) is 0 Å². The van der Waals surface area contributed by atoms with Gasteiger partial charge < -0.3 is 9.64 Å². The number of nitrogens with zero attached hydrogens (tertiary/aromatic N) is 1. The highest BCUT2D eigenvalue weighted by Crippen LogP contribution is 2.12. The zero-order valence-corrected chi connectivity index (χ0v) is 11.5. The van der Waals surface area contributed by atoms with Crippen molar-refractivity contribution in [3.8, 4) is 0 Å². The average molecular weight is 255 g/mol. The normalized spacial score (nSPS) is 16.5. The van der Waals surface area contributed by atoms with E-state index in [0.29, 0.717) is 25.4 Å². The van der Waals surface area contributed by atoms with Crippen molar-refractivity contribution in [2.24, 2.45) is 0 Å². The van der Waals surface area contributed by atoms with Crippen LogP contribution in [0.25, 0.3) is 0 Å². The van der Waals surface area contributed by atoms with Crippen LogP contribution < -0.4 is 0 Å². The first kappa shape index (κ1) is 15.0. The fourth-order valence-corrected chi connectivity index (χ4v) is 2.26. The molecule has 0 atom stereocenters. The zero-order chi connectivity index (χ0) is 13.2. The molecule has 0 unspecified atom stereocenters.